The molecule has 0 saturated heterocycles. The summed E-state index contributed by atoms with van der Waals surface area (Å²) in [6.07, 6.45) is 2.40. The molecule has 7 nitrogen and oxygen atoms in total. The van der Waals surface area contributed by atoms with Crippen LogP contribution in [0, 0.1) is 11.8 Å². The summed E-state index contributed by atoms with van der Waals surface area (Å²) in [6, 6.07) is 5.98. The van der Waals surface area contributed by atoms with E-state index in [0.717, 1.165) is 0 Å². The Hall–Kier alpha value is -2.57. The minimum absolute atomic E-state index is 0.0489. The van der Waals surface area contributed by atoms with Crippen molar-refractivity contribution in [3.63, 3.8) is 0 Å². The molecule has 148 valence electrons. The molecule has 27 heavy (non-hydrogen) atoms. The van der Waals surface area contributed by atoms with E-state index in [4.69, 9.17) is 9.84 Å². The van der Waals surface area contributed by atoms with Crippen LogP contribution in [0.3, 0.4) is 0 Å². The molecule has 1 aromatic rings. The van der Waals surface area contributed by atoms with Gasteiger partial charge in [-0.2, -0.15) is 0 Å². The van der Waals surface area contributed by atoms with Crippen LogP contribution in [-0.4, -0.2) is 42.1 Å². The molecule has 0 radical (unpaired) electrons. The van der Waals surface area contributed by atoms with Gasteiger partial charge in [0.2, 0.25) is 5.91 Å². The third-order valence-corrected chi connectivity index (χ3v) is 5.01. The second kappa shape index (κ2) is 9.39. The molecule has 1 saturated carbocycles. The number of aliphatic carboxylic acids is 1. The third kappa shape index (κ3) is 5.70. The number of nitrogens with one attached hydrogen (secondary N) is 2. The maximum atomic E-state index is 12.7. The maximum Gasteiger partial charge on any atom is 0.306 e. The van der Waals surface area contributed by atoms with E-state index < -0.39 is 12.0 Å². The summed E-state index contributed by atoms with van der Waals surface area (Å²) in [5.74, 6) is -1.07. The van der Waals surface area contributed by atoms with Gasteiger partial charge in [-0.25, -0.2) is 0 Å². The van der Waals surface area contributed by atoms with Crippen LogP contribution in [0.5, 0.6) is 5.75 Å². The van der Waals surface area contributed by atoms with E-state index >= 15 is 0 Å². The van der Waals surface area contributed by atoms with Gasteiger partial charge >= 0.3 is 5.97 Å². The van der Waals surface area contributed by atoms with Gasteiger partial charge in [-0.3, -0.25) is 14.4 Å². The lowest BCUT2D eigenvalue weighted by Crippen LogP contribution is -2.52. The Labute approximate surface area is 159 Å². The Balaban J connectivity index is 1.94. The molecule has 2 rings (SSSR count). The number of carboxylic acids is 1. The fourth-order valence-corrected chi connectivity index (χ4v) is 3.28. The number of hydrogen-bond acceptors (Lipinski definition) is 4. The Bertz CT molecular complexity index is 663. The highest BCUT2D eigenvalue weighted by atomic mass is 16.5. The van der Waals surface area contributed by atoms with Crippen molar-refractivity contribution in [1.82, 2.24) is 10.6 Å². The zero-order valence-electron chi connectivity index (χ0n) is 16.0. The number of hydrogen-bond donors (Lipinski definition) is 3. The highest BCUT2D eigenvalue weighted by molar-refractivity contribution is 5.97. The minimum Gasteiger partial charge on any atom is -0.497 e. The number of amides is 2. The lowest BCUT2D eigenvalue weighted by atomic mass is 9.86. The third-order valence-electron chi connectivity index (χ3n) is 5.01. The number of benzene rings is 1. The standard InChI is InChI=1S/C20H28N2O5/c1-12(2)17(22-18(23)13-6-10-16(27-3)11-7-13)19(24)21-15-8-4-14(5-9-15)20(25)26/h6-7,10-12,14-15,17H,4-5,8-9H2,1-3H3,(H,21,24)(H,22,23)(H,25,26). The average molecular weight is 376 g/mol. The van der Waals surface area contributed by atoms with E-state index in [-0.39, 0.29) is 29.7 Å². The second-order valence-corrected chi connectivity index (χ2v) is 7.32. The summed E-state index contributed by atoms with van der Waals surface area (Å²) < 4.78 is 5.08. The summed E-state index contributed by atoms with van der Waals surface area (Å²) in [6.45, 7) is 3.75. The van der Waals surface area contributed by atoms with Crippen LogP contribution in [-0.2, 0) is 9.59 Å². The predicted molar refractivity (Wildman–Crippen MR) is 101 cm³/mol. The first kappa shape index (κ1) is 20.7. The summed E-state index contributed by atoms with van der Waals surface area (Å²) >= 11 is 0. The average Bonchev–Trinajstić information content (AvgIpc) is 2.66. The van der Waals surface area contributed by atoms with Crippen LogP contribution in [0.25, 0.3) is 0 Å². The number of rotatable bonds is 7. The first-order valence-corrected chi connectivity index (χ1v) is 9.30. The Morgan fingerprint density at radius 2 is 1.67 bits per heavy atom. The van der Waals surface area contributed by atoms with Gasteiger partial charge in [-0.15, -0.1) is 0 Å². The normalized spacial score (nSPS) is 20.6. The summed E-state index contributed by atoms with van der Waals surface area (Å²) in [5.41, 5.74) is 0.455. The van der Waals surface area contributed by atoms with Crippen LogP contribution >= 0.6 is 0 Å². The zero-order chi connectivity index (χ0) is 20.0. The Kier molecular flexibility index (Phi) is 7.21. The molecule has 1 fully saturated rings. The van der Waals surface area contributed by atoms with Crippen molar-refractivity contribution in [3.8, 4) is 5.75 Å². The summed E-state index contributed by atoms with van der Waals surface area (Å²) in [4.78, 5) is 36.2. The van der Waals surface area contributed by atoms with Crippen LogP contribution in [0.2, 0.25) is 0 Å². The van der Waals surface area contributed by atoms with Crippen molar-refractivity contribution in [2.45, 2.75) is 51.6 Å². The molecule has 0 heterocycles. The Morgan fingerprint density at radius 3 is 2.15 bits per heavy atom. The quantitative estimate of drug-likeness (QED) is 0.677. The maximum absolute atomic E-state index is 12.7. The molecular formula is C20H28N2O5. The first-order chi connectivity index (χ1) is 12.8. The van der Waals surface area contributed by atoms with Gasteiger partial charge in [0, 0.05) is 11.6 Å². The van der Waals surface area contributed by atoms with E-state index in [2.05, 4.69) is 10.6 Å². The SMILES string of the molecule is COc1ccc(C(=O)NC(C(=O)NC2CCC(C(=O)O)CC2)C(C)C)cc1. The smallest absolute Gasteiger partial charge is 0.306 e. The predicted octanol–water partition coefficient (Wildman–Crippen LogP) is 2.21. The molecule has 1 atom stereocenters. The fraction of sp³-hybridized carbons (Fsp3) is 0.550. The number of ether oxygens (including phenoxy) is 1. The Morgan fingerprint density at radius 1 is 1.07 bits per heavy atom. The lowest BCUT2D eigenvalue weighted by Gasteiger charge is -2.29. The van der Waals surface area contributed by atoms with Gasteiger partial charge in [-0.05, 0) is 55.9 Å². The van der Waals surface area contributed by atoms with Crippen LogP contribution in [0.15, 0.2) is 24.3 Å². The highest BCUT2D eigenvalue weighted by Gasteiger charge is 2.30. The molecule has 0 spiro atoms. The number of methoxy groups -OCH3 is 1. The van der Waals surface area contributed by atoms with Crippen molar-refractivity contribution in [1.29, 1.82) is 0 Å². The highest BCUT2D eigenvalue weighted by Crippen LogP contribution is 2.24. The van der Waals surface area contributed by atoms with Gasteiger partial charge in [0.05, 0.1) is 13.0 Å². The van der Waals surface area contributed by atoms with Crippen molar-refractivity contribution in [2.75, 3.05) is 7.11 Å². The van der Waals surface area contributed by atoms with E-state index in [1.54, 1.807) is 31.4 Å². The molecular weight excluding hydrogens is 348 g/mol. The van der Waals surface area contributed by atoms with Gasteiger partial charge in [0.1, 0.15) is 11.8 Å². The van der Waals surface area contributed by atoms with Crippen LogP contribution in [0.1, 0.15) is 49.9 Å². The number of carbonyl (C=O) groups excluding carboxylic acids is 2. The van der Waals surface area contributed by atoms with Gasteiger partial charge in [0.15, 0.2) is 0 Å². The van der Waals surface area contributed by atoms with E-state index in [0.29, 0.717) is 37.0 Å². The van der Waals surface area contributed by atoms with E-state index in [1.807, 2.05) is 13.8 Å². The molecule has 7 heteroatoms. The number of carboxylic acid groups (broad SMARTS) is 1. The summed E-state index contributed by atoms with van der Waals surface area (Å²) in [5, 5.41) is 14.8. The van der Waals surface area contributed by atoms with Gasteiger partial charge < -0.3 is 20.5 Å². The molecule has 1 aliphatic carbocycles. The van der Waals surface area contributed by atoms with Crippen molar-refractivity contribution in [2.24, 2.45) is 11.8 Å². The van der Waals surface area contributed by atoms with E-state index in [1.165, 1.54) is 0 Å². The largest absolute Gasteiger partial charge is 0.497 e. The zero-order valence-corrected chi connectivity index (χ0v) is 16.0. The molecule has 0 aromatic heterocycles. The summed E-state index contributed by atoms with van der Waals surface area (Å²) in [7, 11) is 1.55. The molecule has 0 aliphatic heterocycles. The first-order valence-electron chi connectivity index (χ1n) is 9.30. The fourth-order valence-electron chi connectivity index (χ4n) is 3.28. The van der Waals surface area contributed by atoms with Crippen molar-refractivity contribution in [3.05, 3.63) is 29.8 Å². The van der Waals surface area contributed by atoms with Crippen molar-refractivity contribution < 1.29 is 24.2 Å². The van der Waals surface area contributed by atoms with Crippen LogP contribution in [0.4, 0.5) is 0 Å². The van der Waals surface area contributed by atoms with E-state index in [9.17, 15) is 14.4 Å². The molecule has 3 N–H and O–H groups in total. The molecule has 1 aromatic carbocycles. The monoisotopic (exact) mass is 376 g/mol. The molecule has 0 bridgehead atoms. The second-order valence-electron chi connectivity index (χ2n) is 7.32. The molecule has 2 amide bonds. The minimum atomic E-state index is -0.772. The topological polar surface area (TPSA) is 105 Å². The molecule has 1 aliphatic rings. The lowest BCUT2D eigenvalue weighted by molar-refractivity contribution is -0.142. The van der Waals surface area contributed by atoms with Gasteiger partial charge in [0.25, 0.3) is 5.91 Å². The van der Waals surface area contributed by atoms with Gasteiger partial charge in [-0.1, -0.05) is 13.8 Å². The van der Waals surface area contributed by atoms with Crippen LogP contribution < -0.4 is 15.4 Å². The number of carbonyl (C=O) groups is 3. The molecule has 1 unspecified atom stereocenters. The van der Waals surface area contributed by atoms with Crippen molar-refractivity contribution >= 4 is 17.8 Å².